The van der Waals surface area contributed by atoms with Gasteiger partial charge in [0.2, 0.25) is 10.0 Å². The molecule has 3 rings (SSSR count). The first-order valence-electron chi connectivity index (χ1n) is 8.17. The largest absolute Gasteiger partial charge is 0.296 e. The first-order chi connectivity index (χ1) is 11.4. The van der Waals surface area contributed by atoms with Crippen molar-refractivity contribution in [2.24, 2.45) is 0 Å². The summed E-state index contributed by atoms with van der Waals surface area (Å²) >= 11 is 0. The highest BCUT2D eigenvalue weighted by Crippen LogP contribution is 2.23. The van der Waals surface area contributed by atoms with Crippen LogP contribution in [0.25, 0.3) is 0 Å². The zero-order valence-electron chi connectivity index (χ0n) is 14.4. The minimum atomic E-state index is -3.47. The van der Waals surface area contributed by atoms with Crippen molar-refractivity contribution >= 4 is 10.0 Å². The Morgan fingerprint density at radius 1 is 1.12 bits per heavy atom. The monoisotopic (exact) mass is 348 g/mol. The SMILES string of the molecule is Cc1cccc(CN2CCN(S(=O)(=O)c3c(C)n[nH]c3C)CC2)c1. The quantitative estimate of drug-likeness (QED) is 0.915. The summed E-state index contributed by atoms with van der Waals surface area (Å²) in [5, 5.41) is 6.78. The van der Waals surface area contributed by atoms with Crippen LogP contribution in [0.1, 0.15) is 22.5 Å². The van der Waals surface area contributed by atoms with Gasteiger partial charge < -0.3 is 0 Å². The molecule has 1 aromatic carbocycles. The molecule has 1 N–H and O–H groups in total. The molecular weight excluding hydrogens is 324 g/mol. The number of H-pyrrole nitrogens is 1. The minimum absolute atomic E-state index is 0.328. The van der Waals surface area contributed by atoms with Gasteiger partial charge in [0, 0.05) is 32.7 Å². The van der Waals surface area contributed by atoms with E-state index in [2.05, 4.69) is 46.3 Å². The van der Waals surface area contributed by atoms with E-state index in [1.54, 1.807) is 18.2 Å². The Hall–Kier alpha value is -1.70. The maximum Gasteiger partial charge on any atom is 0.246 e. The minimum Gasteiger partial charge on any atom is -0.296 e. The Labute approximate surface area is 143 Å². The number of aromatic nitrogens is 2. The number of aromatic amines is 1. The average molecular weight is 348 g/mol. The average Bonchev–Trinajstić information content (AvgIpc) is 2.87. The Balaban J connectivity index is 1.67. The fourth-order valence-corrected chi connectivity index (χ4v) is 5.00. The Morgan fingerprint density at radius 2 is 1.83 bits per heavy atom. The number of benzene rings is 1. The van der Waals surface area contributed by atoms with E-state index in [-0.39, 0.29) is 0 Å². The summed E-state index contributed by atoms with van der Waals surface area (Å²) in [6.45, 7) is 8.93. The smallest absolute Gasteiger partial charge is 0.246 e. The molecule has 1 aromatic heterocycles. The maximum atomic E-state index is 12.8. The number of aryl methyl sites for hydroxylation is 3. The first kappa shape index (κ1) is 17.1. The van der Waals surface area contributed by atoms with Gasteiger partial charge in [-0.15, -0.1) is 0 Å². The van der Waals surface area contributed by atoms with Crippen LogP contribution in [0.5, 0.6) is 0 Å². The molecule has 1 aliphatic rings. The van der Waals surface area contributed by atoms with Crippen molar-refractivity contribution in [2.75, 3.05) is 26.2 Å². The van der Waals surface area contributed by atoms with Crippen molar-refractivity contribution in [3.8, 4) is 0 Å². The predicted molar refractivity (Wildman–Crippen MR) is 93.3 cm³/mol. The second-order valence-electron chi connectivity index (χ2n) is 6.43. The third kappa shape index (κ3) is 3.38. The number of hydrogen-bond acceptors (Lipinski definition) is 4. The zero-order chi connectivity index (χ0) is 17.3. The molecular formula is C17H24N4O2S. The third-order valence-corrected chi connectivity index (χ3v) is 6.64. The molecule has 24 heavy (non-hydrogen) atoms. The van der Waals surface area contributed by atoms with Gasteiger partial charge in [-0.2, -0.15) is 9.40 Å². The van der Waals surface area contributed by atoms with Crippen molar-refractivity contribution in [3.63, 3.8) is 0 Å². The van der Waals surface area contributed by atoms with Crippen molar-refractivity contribution in [2.45, 2.75) is 32.2 Å². The van der Waals surface area contributed by atoms with Crippen molar-refractivity contribution in [1.82, 2.24) is 19.4 Å². The molecule has 6 nitrogen and oxygen atoms in total. The highest BCUT2D eigenvalue weighted by Gasteiger charge is 2.32. The topological polar surface area (TPSA) is 69.3 Å². The van der Waals surface area contributed by atoms with Crippen molar-refractivity contribution in [3.05, 3.63) is 46.8 Å². The Morgan fingerprint density at radius 3 is 2.42 bits per heavy atom. The molecule has 1 saturated heterocycles. The fourth-order valence-electron chi connectivity index (χ4n) is 3.25. The van der Waals surface area contributed by atoms with Gasteiger partial charge in [0.25, 0.3) is 0 Å². The summed E-state index contributed by atoms with van der Waals surface area (Å²) < 4.78 is 27.3. The lowest BCUT2D eigenvalue weighted by molar-refractivity contribution is 0.181. The summed E-state index contributed by atoms with van der Waals surface area (Å²) in [7, 11) is -3.47. The van der Waals surface area contributed by atoms with Crippen LogP contribution in [-0.2, 0) is 16.6 Å². The third-order valence-electron chi connectivity index (χ3n) is 4.48. The van der Waals surface area contributed by atoms with E-state index < -0.39 is 10.0 Å². The number of sulfonamides is 1. The maximum absolute atomic E-state index is 12.8. The van der Waals surface area contributed by atoms with E-state index in [1.165, 1.54) is 11.1 Å². The summed E-state index contributed by atoms with van der Waals surface area (Å²) in [5.74, 6) is 0. The lowest BCUT2D eigenvalue weighted by Gasteiger charge is -2.34. The van der Waals surface area contributed by atoms with Crippen molar-refractivity contribution in [1.29, 1.82) is 0 Å². The van der Waals surface area contributed by atoms with E-state index in [0.717, 1.165) is 19.6 Å². The lowest BCUT2D eigenvalue weighted by Crippen LogP contribution is -2.48. The number of nitrogens with zero attached hydrogens (tertiary/aromatic N) is 3. The number of rotatable bonds is 4. The van der Waals surface area contributed by atoms with E-state index in [1.807, 2.05) is 0 Å². The fraction of sp³-hybridized carbons (Fsp3) is 0.471. The molecule has 0 unspecified atom stereocenters. The molecule has 0 aliphatic carbocycles. The van der Waals surface area contributed by atoms with Crippen LogP contribution in [-0.4, -0.2) is 54.0 Å². The number of nitrogens with one attached hydrogen (secondary N) is 1. The van der Waals surface area contributed by atoms with Crippen LogP contribution in [0.4, 0.5) is 0 Å². The molecule has 0 spiro atoms. The Kier molecular flexibility index (Phi) is 4.76. The highest BCUT2D eigenvalue weighted by molar-refractivity contribution is 7.89. The Bertz CT molecular complexity index is 801. The summed E-state index contributed by atoms with van der Waals surface area (Å²) in [6.07, 6.45) is 0. The van der Waals surface area contributed by atoms with Gasteiger partial charge >= 0.3 is 0 Å². The van der Waals surface area contributed by atoms with E-state index in [4.69, 9.17) is 0 Å². The van der Waals surface area contributed by atoms with Gasteiger partial charge in [-0.05, 0) is 26.3 Å². The van der Waals surface area contributed by atoms with Gasteiger partial charge in [-0.3, -0.25) is 10.00 Å². The van der Waals surface area contributed by atoms with Crippen LogP contribution in [0.15, 0.2) is 29.2 Å². The molecule has 2 aromatic rings. The van der Waals surface area contributed by atoms with Crippen molar-refractivity contribution < 1.29 is 8.42 Å². The molecule has 0 radical (unpaired) electrons. The molecule has 0 saturated carbocycles. The molecule has 0 amide bonds. The molecule has 1 aliphatic heterocycles. The summed E-state index contributed by atoms with van der Waals surface area (Å²) in [6, 6.07) is 8.45. The van der Waals surface area contributed by atoms with Gasteiger partial charge in [0.1, 0.15) is 4.90 Å². The summed E-state index contributed by atoms with van der Waals surface area (Å²) in [5.41, 5.74) is 3.66. The molecule has 7 heteroatoms. The normalized spacial score (nSPS) is 17.3. The second kappa shape index (κ2) is 6.66. The number of piperazine rings is 1. The molecule has 1 fully saturated rings. The highest BCUT2D eigenvalue weighted by atomic mass is 32.2. The standard InChI is InChI=1S/C17H24N4O2S/c1-13-5-4-6-16(11-13)12-20-7-9-21(10-8-20)24(22,23)17-14(2)18-19-15(17)3/h4-6,11H,7-10,12H2,1-3H3,(H,18,19). The summed E-state index contributed by atoms with van der Waals surface area (Å²) in [4.78, 5) is 2.63. The van der Waals surface area contributed by atoms with E-state index in [9.17, 15) is 8.42 Å². The second-order valence-corrected chi connectivity index (χ2v) is 8.31. The lowest BCUT2D eigenvalue weighted by atomic mass is 10.1. The van der Waals surface area contributed by atoms with Crippen LogP contribution < -0.4 is 0 Å². The van der Waals surface area contributed by atoms with Gasteiger partial charge in [-0.1, -0.05) is 29.8 Å². The predicted octanol–water partition coefficient (Wildman–Crippen LogP) is 1.84. The van der Waals surface area contributed by atoms with Crippen LogP contribution in [0.3, 0.4) is 0 Å². The van der Waals surface area contributed by atoms with Crippen LogP contribution in [0, 0.1) is 20.8 Å². The number of hydrogen-bond donors (Lipinski definition) is 1. The van der Waals surface area contributed by atoms with E-state index >= 15 is 0 Å². The van der Waals surface area contributed by atoms with Gasteiger partial charge in [0.05, 0.1) is 11.4 Å². The van der Waals surface area contributed by atoms with Gasteiger partial charge in [0.15, 0.2) is 0 Å². The first-order valence-corrected chi connectivity index (χ1v) is 9.61. The van der Waals surface area contributed by atoms with Crippen LogP contribution >= 0.6 is 0 Å². The molecule has 0 atom stereocenters. The molecule has 130 valence electrons. The molecule has 0 bridgehead atoms. The van der Waals surface area contributed by atoms with Crippen LogP contribution in [0.2, 0.25) is 0 Å². The molecule has 2 heterocycles. The van der Waals surface area contributed by atoms with Gasteiger partial charge in [-0.25, -0.2) is 8.42 Å². The zero-order valence-corrected chi connectivity index (χ0v) is 15.2. The van der Waals surface area contributed by atoms with E-state index in [0.29, 0.717) is 29.4 Å².